The number of ether oxygens (including phenoxy) is 3. The monoisotopic (exact) mass is 398 g/mol. The molecule has 0 saturated heterocycles. The predicted octanol–water partition coefficient (Wildman–Crippen LogP) is 3.47. The Bertz CT molecular complexity index is 837. The van der Waals surface area contributed by atoms with Crippen molar-refractivity contribution in [2.75, 3.05) is 14.2 Å². The normalized spacial score (nSPS) is 24.7. The number of hydrogen-bond acceptors (Lipinski definition) is 6. The standard InChI is InChI=1S/C23H26O6/c1-14(2)18-13-23(21(25)27-3,22(26)28-4)19-11-10-15(12-17(18)19)20(24)29-16-8-6-5-7-9-16/h5-9,13,15,17,19H,1,10-12H2,2-4H3/t15-,17+,19+/m0/s1. The molecular formula is C23H26O6. The van der Waals surface area contributed by atoms with Crippen molar-refractivity contribution in [1.82, 2.24) is 0 Å². The number of hydrogen-bond donors (Lipinski definition) is 0. The summed E-state index contributed by atoms with van der Waals surface area (Å²) in [4.78, 5) is 38.2. The summed E-state index contributed by atoms with van der Waals surface area (Å²) in [5.41, 5.74) is 0.0614. The van der Waals surface area contributed by atoms with Crippen LogP contribution in [0.3, 0.4) is 0 Å². The molecule has 1 aromatic carbocycles. The second-order valence-electron chi connectivity index (χ2n) is 7.69. The summed E-state index contributed by atoms with van der Waals surface area (Å²) in [6.07, 6.45) is 3.13. The quantitative estimate of drug-likeness (QED) is 0.429. The summed E-state index contributed by atoms with van der Waals surface area (Å²) >= 11 is 0. The predicted molar refractivity (Wildman–Crippen MR) is 106 cm³/mol. The Morgan fingerprint density at radius 1 is 1.03 bits per heavy atom. The van der Waals surface area contributed by atoms with Gasteiger partial charge in [-0.3, -0.25) is 14.4 Å². The van der Waals surface area contributed by atoms with Crippen LogP contribution in [0.5, 0.6) is 5.75 Å². The van der Waals surface area contributed by atoms with Crippen molar-refractivity contribution in [1.29, 1.82) is 0 Å². The number of allylic oxidation sites excluding steroid dienone is 2. The molecule has 0 amide bonds. The third-order valence-electron chi connectivity index (χ3n) is 6.05. The summed E-state index contributed by atoms with van der Waals surface area (Å²) in [5, 5.41) is 0. The lowest BCUT2D eigenvalue weighted by Gasteiger charge is -2.38. The van der Waals surface area contributed by atoms with Crippen LogP contribution >= 0.6 is 0 Å². The fourth-order valence-corrected chi connectivity index (χ4v) is 4.70. The maximum absolute atomic E-state index is 12.7. The van der Waals surface area contributed by atoms with Gasteiger partial charge in [-0.1, -0.05) is 36.4 Å². The van der Waals surface area contributed by atoms with Gasteiger partial charge in [-0.2, -0.15) is 0 Å². The van der Waals surface area contributed by atoms with Gasteiger partial charge in [-0.05, 0) is 55.7 Å². The Morgan fingerprint density at radius 2 is 1.66 bits per heavy atom. The number of carbonyl (C=O) groups excluding carboxylic acids is 3. The Balaban J connectivity index is 1.89. The molecule has 0 unspecified atom stereocenters. The molecule has 6 nitrogen and oxygen atoms in total. The summed E-state index contributed by atoms with van der Waals surface area (Å²) in [5.74, 6) is -1.92. The number of rotatable bonds is 5. The van der Waals surface area contributed by atoms with Gasteiger partial charge in [0.05, 0.1) is 20.1 Å². The largest absolute Gasteiger partial charge is 0.468 e. The van der Waals surface area contributed by atoms with Crippen LogP contribution in [0.15, 0.2) is 54.1 Å². The van der Waals surface area contributed by atoms with Crippen LogP contribution < -0.4 is 4.74 Å². The molecule has 2 aliphatic rings. The SMILES string of the molecule is C=C(C)C1=CC(C(=O)OC)(C(=O)OC)[C@@H]2CC[C@H](C(=O)Oc3ccccc3)C[C@H]12. The Morgan fingerprint density at radius 3 is 2.21 bits per heavy atom. The Kier molecular flexibility index (Phi) is 5.91. The number of esters is 3. The lowest BCUT2D eigenvalue weighted by atomic mass is 9.65. The Labute approximate surface area is 170 Å². The minimum atomic E-state index is -1.50. The minimum absolute atomic E-state index is 0.173. The van der Waals surface area contributed by atoms with E-state index in [0.717, 1.165) is 11.1 Å². The summed E-state index contributed by atoms with van der Waals surface area (Å²) in [6.45, 7) is 5.85. The van der Waals surface area contributed by atoms with Crippen molar-refractivity contribution < 1.29 is 28.6 Å². The molecule has 0 heterocycles. The molecule has 0 aromatic heterocycles. The number of benzene rings is 1. The lowest BCUT2D eigenvalue weighted by molar-refractivity contribution is -0.170. The average Bonchev–Trinajstić information content (AvgIpc) is 3.09. The number of carbonyl (C=O) groups is 3. The van der Waals surface area contributed by atoms with Crippen LogP contribution in [0, 0.1) is 23.2 Å². The highest BCUT2D eigenvalue weighted by atomic mass is 16.5. The second kappa shape index (κ2) is 8.23. The molecule has 6 heteroatoms. The summed E-state index contributed by atoms with van der Waals surface area (Å²) in [7, 11) is 2.52. The van der Waals surface area contributed by atoms with Crippen LogP contribution in [0.1, 0.15) is 26.2 Å². The number of methoxy groups -OCH3 is 2. The highest BCUT2D eigenvalue weighted by Crippen LogP contribution is 2.56. The van der Waals surface area contributed by atoms with Crippen LogP contribution in [-0.4, -0.2) is 32.1 Å². The van der Waals surface area contributed by atoms with Gasteiger partial charge in [0, 0.05) is 0 Å². The summed E-state index contributed by atoms with van der Waals surface area (Å²) in [6, 6.07) is 8.93. The third-order valence-corrected chi connectivity index (χ3v) is 6.05. The van der Waals surface area contributed by atoms with Crippen molar-refractivity contribution in [2.24, 2.45) is 23.2 Å². The van der Waals surface area contributed by atoms with Crippen LogP contribution in [0.25, 0.3) is 0 Å². The zero-order chi connectivity index (χ0) is 21.2. The molecule has 0 spiro atoms. The number of fused-ring (bicyclic) bond motifs is 1. The molecule has 3 rings (SSSR count). The number of para-hydroxylation sites is 1. The van der Waals surface area contributed by atoms with Crippen molar-refractivity contribution >= 4 is 17.9 Å². The maximum Gasteiger partial charge on any atom is 0.327 e. The first-order valence-electron chi connectivity index (χ1n) is 9.67. The van der Waals surface area contributed by atoms with Crippen LogP contribution in [0.4, 0.5) is 0 Å². The zero-order valence-corrected chi connectivity index (χ0v) is 17.0. The van der Waals surface area contributed by atoms with Gasteiger partial charge in [-0.15, -0.1) is 0 Å². The van der Waals surface area contributed by atoms with Gasteiger partial charge in [0.1, 0.15) is 5.75 Å². The smallest absolute Gasteiger partial charge is 0.327 e. The highest BCUT2D eigenvalue weighted by Gasteiger charge is 2.61. The zero-order valence-electron chi connectivity index (χ0n) is 17.0. The minimum Gasteiger partial charge on any atom is -0.468 e. The van der Waals surface area contributed by atoms with E-state index >= 15 is 0 Å². The van der Waals surface area contributed by atoms with E-state index in [0.29, 0.717) is 25.0 Å². The van der Waals surface area contributed by atoms with E-state index in [-0.39, 0.29) is 23.7 Å². The van der Waals surface area contributed by atoms with Gasteiger partial charge in [0.25, 0.3) is 0 Å². The first-order chi connectivity index (χ1) is 13.8. The highest BCUT2D eigenvalue weighted by molar-refractivity contribution is 6.04. The molecule has 1 aromatic rings. The lowest BCUT2D eigenvalue weighted by Crippen LogP contribution is -2.47. The molecule has 0 aliphatic heterocycles. The molecule has 29 heavy (non-hydrogen) atoms. The molecular weight excluding hydrogens is 372 g/mol. The maximum atomic E-state index is 12.7. The van der Waals surface area contributed by atoms with E-state index < -0.39 is 17.4 Å². The van der Waals surface area contributed by atoms with E-state index in [2.05, 4.69) is 6.58 Å². The summed E-state index contributed by atoms with van der Waals surface area (Å²) < 4.78 is 15.5. The van der Waals surface area contributed by atoms with Crippen molar-refractivity contribution in [3.05, 3.63) is 54.1 Å². The van der Waals surface area contributed by atoms with Gasteiger partial charge in [0.2, 0.25) is 0 Å². The molecule has 0 bridgehead atoms. The van der Waals surface area contributed by atoms with Crippen LogP contribution in [0.2, 0.25) is 0 Å². The van der Waals surface area contributed by atoms with Gasteiger partial charge >= 0.3 is 17.9 Å². The van der Waals surface area contributed by atoms with E-state index in [1.807, 2.05) is 13.0 Å². The fraction of sp³-hybridized carbons (Fsp3) is 0.435. The molecule has 2 aliphatic carbocycles. The van der Waals surface area contributed by atoms with Gasteiger partial charge < -0.3 is 14.2 Å². The first kappa shape index (κ1) is 20.8. The van der Waals surface area contributed by atoms with E-state index in [1.165, 1.54) is 14.2 Å². The van der Waals surface area contributed by atoms with Gasteiger partial charge in [-0.25, -0.2) is 0 Å². The third kappa shape index (κ3) is 3.59. The molecule has 154 valence electrons. The van der Waals surface area contributed by atoms with Crippen LogP contribution in [-0.2, 0) is 23.9 Å². The average molecular weight is 398 g/mol. The van der Waals surface area contributed by atoms with E-state index in [9.17, 15) is 14.4 Å². The Hall–Kier alpha value is -2.89. The van der Waals surface area contributed by atoms with Crippen molar-refractivity contribution in [3.63, 3.8) is 0 Å². The van der Waals surface area contributed by atoms with E-state index in [4.69, 9.17) is 14.2 Å². The van der Waals surface area contributed by atoms with E-state index in [1.54, 1.807) is 30.3 Å². The van der Waals surface area contributed by atoms with Crippen molar-refractivity contribution in [2.45, 2.75) is 26.2 Å². The first-order valence-corrected chi connectivity index (χ1v) is 9.67. The topological polar surface area (TPSA) is 78.9 Å². The molecule has 0 radical (unpaired) electrons. The van der Waals surface area contributed by atoms with Gasteiger partial charge in [0.15, 0.2) is 5.41 Å². The van der Waals surface area contributed by atoms with Crippen molar-refractivity contribution in [3.8, 4) is 5.75 Å². The molecule has 3 atom stereocenters. The molecule has 1 fully saturated rings. The molecule has 1 saturated carbocycles. The second-order valence-corrected chi connectivity index (χ2v) is 7.69. The fourth-order valence-electron chi connectivity index (χ4n) is 4.70. The molecule has 0 N–H and O–H groups in total.